The smallest absolute Gasteiger partial charge is 0.295 e. The number of rotatable bonds is 0. The molecule has 3 heterocycles. The molecule has 0 radical (unpaired) electrons. The maximum absolute atomic E-state index is 12.3. The van der Waals surface area contributed by atoms with Gasteiger partial charge in [-0.05, 0) is 0 Å². The predicted molar refractivity (Wildman–Crippen MR) is 68.2 cm³/mol. The van der Waals surface area contributed by atoms with Gasteiger partial charge in [-0.3, -0.25) is 14.7 Å². The summed E-state index contributed by atoms with van der Waals surface area (Å²) in [7, 11) is 0. The van der Waals surface area contributed by atoms with Crippen LogP contribution in [0.5, 0.6) is 0 Å². The van der Waals surface area contributed by atoms with E-state index >= 15 is 0 Å². The van der Waals surface area contributed by atoms with E-state index in [-0.39, 0.29) is 22.2 Å². The first kappa shape index (κ1) is 11.6. The van der Waals surface area contributed by atoms with Crippen molar-refractivity contribution in [1.29, 1.82) is 0 Å². The summed E-state index contributed by atoms with van der Waals surface area (Å²) >= 11 is 0. The molecule has 0 spiro atoms. The van der Waals surface area contributed by atoms with Gasteiger partial charge in [0, 0.05) is 5.41 Å². The predicted octanol–water partition coefficient (Wildman–Crippen LogP) is -0.0484. The fraction of sp³-hybridized carbons (Fsp3) is 0.364. The molecule has 2 N–H and O–H groups in total. The summed E-state index contributed by atoms with van der Waals surface area (Å²) in [5.74, 6) is 0. The van der Waals surface area contributed by atoms with Crippen LogP contribution in [0.15, 0.2) is 15.9 Å². The molecule has 19 heavy (non-hydrogen) atoms. The third kappa shape index (κ3) is 1.56. The molecule has 0 atom stereocenters. The van der Waals surface area contributed by atoms with Gasteiger partial charge in [0.1, 0.15) is 11.1 Å². The van der Waals surface area contributed by atoms with Gasteiger partial charge in [-0.1, -0.05) is 20.8 Å². The summed E-state index contributed by atoms with van der Waals surface area (Å²) in [4.78, 5) is 30.5. The number of nitrogens with one attached hydrogen (secondary N) is 2. The van der Waals surface area contributed by atoms with Crippen LogP contribution in [-0.4, -0.2) is 29.8 Å². The molecule has 3 aromatic rings. The number of H-pyrrole nitrogens is 2. The van der Waals surface area contributed by atoms with Crippen LogP contribution < -0.4 is 11.1 Å². The van der Waals surface area contributed by atoms with E-state index in [1.54, 1.807) is 0 Å². The molecule has 0 aliphatic heterocycles. The van der Waals surface area contributed by atoms with Crippen LogP contribution in [0.3, 0.4) is 0 Å². The lowest BCUT2D eigenvalue weighted by Crippen LogP contribution is -2.30. The number of nitrogens with zero attached hydrogens (tertiary/aromatic N) is 4. The molecule has 0 saturated heterocycles. The highest BCUT2D eigenvalue weighted by Crippen LogP contribution is 2.16. The fourth-order valence-electron chi connectivity index (χ4n) is 1.92. The third-order valence-electron chi connectivity index (χ3n) is 2.87. The molecular weight excluding hydrogens is 248 g/mol. The maximum Gasteiger partial charge on any atom is 0.295 e. The van der Waals surface area contributed by atoms with Crippen molar-refractivity contribution in [2.24, 2.45) is 0 Å². The summed E-state index contributed by atoms with van der Waals surface area (Å²) in [5, 5.41) is 10.9. The highest BCUT2D eigenvalue weighted by molar-refractivity contribution is 5.88. The summed E-state index contributed by atoms with van der Waals surface area (Å²) in [6.45, 7) is 5.62. The van der Waals surface area contributed by atoms with Crippen molar-refractivity contribution < 1.29 is 0 Å². The summed E-state index contributed by atoms with van der Waals surface area (Å²) in [6.07, 6.45) is 1.27. The lowest BCUT2D eigenvalue weighted by Gasteiger charge is -2.14. The average molecular weight is 260 g/mol. The summed E-state index contributed by atoms with van der Waals surface area (Å²) in [5.41, 5.74) is -0.296. The second-order valence-corrected chi connectivity index (χ2v) is 5.33. The minimum Gasteiger partial charge on any atom is -0.312 e. The van der Waals surface area contributed by atoms with Crippen LogP contribution >= 0.6 is 0 Å². The van der Waals surface area contributed by atoms with Crippen molar-refractivity contribution in [3.8, 4) is 0 Å². The summed E-state index contributed by atoms with van der Waals surface area (Å²) < 4.78 is 1.21. The van der Waals surface area contributed by atoms with Gasteiger partial charge in [0.15, 0.2) is 11.3 Å². The Kier molecular flexibility index (Phi) is 2.13. The van der Waals surface area contributed by atoms with Gasteiger partial charge in [-0.2, -0.15) is 4.52 Å². The number of hydrogen-bond donors (Lipinski definition) is 2. The Hall–Kier alpha value is -2.51. The minimum absolute atomic E-state index is 0.183. The van der Waals surface area contributed by atoms with E-state index in [2.05, 4.69) is 25.3 Å². The van der Waals surface area contributed by atoms with E-state index in [1.807, 2.05) is 20.8 Å². The highest BCUT2D eigenvalue weighted by atomic mass is 16.1. The molecular formula is C11H12N6O2. The zero-order valence-corrected chi connectivity index (χ0v) is 10.7. The van der Waals surface area contributed by atoms with E-state index in [0.717, 1.165) is 0 Å². The van der Waals surface area contributed by atoms with E-state index in [1.165, 1.54) is 10.8 Å². The van der Waals surface area contributed by atoms with Crippen molar-refractivity contribution in [2.75, 3.05) is 0 Å². The molecule has 0 bridgehead atoms. The molecule has 0 fully saturated rings. The van der Waals surface area contributed by atoms with Gasteiger partial charge in [-0.25, -0.2) is 4.98 Å². The average Bonchev–Trinajstić information content (AvgIpc) is 2.68. The van der Waals surface area contributed by atoms with Gasteiger partial charge in [0.2, 0.25) is 0 Å². The van der Waals surface area contributed by atoms with E-state index in [0.29, 0.717) is 11.3 Å². The molecule has 0 saturated carbocycles. The monoisotopic (exact) mass is 260 g/mol. The van der Waals surface area contributed by atoms with Crippen molar-refractivity contribution in [3.05, 3.63) is 32.7 Å². The third-order valence-corrected chi connectivity index (χ3v) is 2.87. The highest BCUT2D eigenvalue weighted by Gasteiger charge is 2.23. The molecule has 3 aromatic heterocycles. The molecule has 3 rings (SSSR count). The number of aromatic amines is 2. The van der Waals surface area contributed by atoms with Gasteiger partial charge in [0.25, 0.3) is 11.1 Å². The first-order chi connectivity index (χ1) is 8.89. The number of fused-ring (bicyclic) bond motifs is 3. The van der Waals surface area contributed by atoms with Crippen molar-refractivity contribution >= 4 is 16.7 Å². The largest absolute Gasteiger partial charge is 0.312 e. The van der Waals surface area contributed by atoms with Gasteiger partial charge >= 0.3 is 0 Å². The van der Waals surface area contributed by atoms with Crippen molar-refractivity contribution in [1.82, 2.24) is 29.8 Å². The molecule has 8 heteroatoms. The first-order valence-electron chi connectivity index (χ1n) is 5.75. The molecule has 0 aliphatic rings. The molecule has 0 amide bonds. The van der Waals surface area contributed by atoms with E-state index in [9.17, 15) is 9.59 Å². The zero-order valence-electron chi connectivity index (χ0n) is 10.7. The van der Waals surface area contributed by atoms with Crippen LogP contribution in [0, 0.1) is 0 Å². The van der Waals surface area contributed by atoms with Crippen LogP contribution in [0.2, 0.25) is 0 Å². The topological polar surface area (TPSA) is 109 Å². The SMILES string of the molecule is CC(C)(C)c1nnc2c3c(=O)[nH]cnc3[nH]n2c1=O. The number of hydrogen-bond acceptors (Lipinski definition) is 5. The lowest BCUT2D eigenvalue weighted by atomic mass is 9.93. The molecule has 0 aliphatic carbocycles. The fourth-order valence-corrected chi connectivity index (χ4v) is 1.92. The minimum atomic E-state index is -0.428. The van der Waals surface area contributed by atoms with Crippen LogP contribution in [0.25, 0.3) is 16.7 Å². The van der Waals surface area contributed by atoms with Crippen LogP contribution in [0.1, 0.15) is 26.5 Å². The Morgan fingerprint density at radius 3 is 2.63 bits per heavy atom. The van der Waals surface area contributed by atoms with Gasteiger partial charge < -0.3 is 4.98 Å². The number of aromatic nitrogens is 6. The van der Waals surface area contributed by atoms with E-state index in [4.69, 9.17) is 0 Å². The Morgan fingerprint density at radius 2 is 1.95 bits per heavy atom. The quantitative estimate of drug-likeness (QED) is 0.589. The molecule has 8 nitrogen and oxygen atoms in total. The van der Waals surface area contributed by atoms with Gasteiger partial charge in [0.05, 0.1) is 6.33 Å². The lowest BCUT2D eigenvalue weighted by molar-refractivity contribution is 0.542. The Labute approximate surface area is 106 Å². The van der Waals surface area contributed by atoms with Crippen molar-refractivity contribution in [3.63, 3.8) is 0 Å². The zero-order chi connectivity index (χ0) is 13.8. The first-order valence-corrected chi connectivity index (χ1v) is 5.75. The normalized spacial score (nSPS) is 12.4. The standard InChI is InChI=1S/C11H12N6O2/c1-11(2,3)6-10(19)17-8(15-14-6)5-7(16-17)12-4-13-9(5)18/h4H,1-3H3,(H2,12,13,16,18). The Bertz CT molecular complexity index is 895. The maximum atomic E-state index is 12.3. The van der Waals surface area contributed by atoms with Crippen LogP contribution in [0.4, 0.5) is 0 Å². The van der Waals surface area contributed by atoms with Gasteiger partial charge in [-0.15, -0.1) is 10.2 Å². The van der Waals surface area contributed by atoms with E-state index < -0.39 is 5.41 Å². The second kappa shape index (κ2) is 3.50. The molecule has 0 aromatic carbocycles. The second-order valence-electron chi connectivity index (χ2n) is 5.33. The Balaban J connectivity index is 2.54. The van der Waals surface area contributed by atoms with Crippen molar-refractivity contribution in [2.45, 2.75) is 26.2 Å². The summed E-state index contributed by atoms with van der Waals surface area (Å²) in [6, 6.07) is 0. The molecule has 0 unspecified atom stereocenters. The molecule has 98 valence electrons. The Morgan fingerprint density at radius 1 is 1.21 bits per heavy atom. The van der Waals surface area contributed by atoms with Crippen LogP contribution in [-0.2, 0) is 5.41 Å².